The summed E-state index contributed by atoms with van der Waals surface area (Å²) < 4.78 is 29.8. The molecule has 0 saturated heterocycles. The van der Waals surface area contributed by atoms with Crippen LogP contribution in [0.5, 0.6) is 0 Å². The fourth-order valence-corrected chi connectivity index (χ4v) is 18.3. The van der Waals surface area contributed by atoms with Crippen molar-refractivity contribution in [3.05, 3.63) is 54.6 Å². The Labute approximate surface area is 276 Å². The van der Waals surface area contributed by atoms with Gasteiger partial charge in [-0.25, -0.2) is 8.42 Å². The monoisotopic (exact) mass is 728 g/mol. The van der Waals surface area contributed by atoms with Crippen LogP contribution in [0.25, 0.3) is 0 Å². The van der Waals surface area contributed by atoms with Gasteiger partial charge >= 0.3 is 92.1 Å². The number of hydrogen-bond donors (Lipinski definition) is 1. The Morgan fingerprint density at radius 1 is 0.750 bits per heavy atom. The number of nitrogens with two attached hydrogens (primary N) is 1. The van der Waals surface area contributed by atoms with Crippen LogP contribution < -0.4 is 13.8 Å². The van der Waals surface area contributed by atoms with Gasteiger partial charge in [0.2, 0.25) is 0 Å². The molecule has 8 fully saturated rings. The topological polar surface area (TPSA) is 83.2 Å². The van der Waals surface area contributed by atoms with Crippen molar-refractivity contribution < 1.29 is 31.0 Å². The summed E-state index contributed by atoms with van der Waals surface area (Å²) in [4.78, 5) is 0. The third kappa shape index (κ3) is 7.85. The molecular formula is C37H53NO3PPdS. The molecule has 0 unspecified atom stereocenters. The zero-order valence-corrected chi connectivity index (χ0v) is 30.0. The molecule has 10 rings (SSSR count). The molecule has 245 valence electrons. The van der Waals surface area contributed by atoms with Crippen LogP contribution in [0.2, 0.25) is 0 Å². The quantitative estimate of drug-likeness (QED) is 0.137. The molecule has 8 bridgehead atoms. The first-order chi connectivity index (χ1) is 21.0. The number of nitrogen functional groups attached to an aromatic ring is 1. The first-order valence-electron chi connectivity index (χ1n) is 17.2. The zero-order chi connectivity index (χ0) is 31.0. The molecule has 8 aliphatic carbocycles. The third-order valence-electron chi connectivity index (χ3n) is 11.7. The second-order valence-electron chi connectivity index (χ2n) is 15.3. The van der Waals surface area contributed by atoms with E-state index < -0.39 is 10.1 Å². The summed E-state index contributed by atoms with van der Waals surface area (Å²) in [5, 5.41) is 1.76. The Kier molecular flexibility index (Phi) is 10.4. The van der Waals surface area contributed by atoms with Crippen molar-refractivity contribution in [1.29, 1.82) is 0 Å². The van der Waals surface area contributed by atoms with Gasteiger partial charge in [-0.1, -0.05) is 21.3 Å². The number of benzene rings is 2. The van der Waals surface area contributed by atoms with E-state index in [1.165, 1.54) is 14.5 Å². The van der Waals surface area contributed by atoms with Gasteiger partial charge in [-0.3, -0.25) is 0 Å². The minimum atomic E-state index is -3.92. The zero-order valence-electron chi connectivity index (χ0n) is 26.7. The van der Waals surface area contributed by atoms with Crippen molar-refractivity contribution in [2.75, 3.05) is 18.2 Å². The second kappa shape index (κ2) is 13.8. The van der Waals surface area contributed by atoms with Crippen molar-refractivity contribution in [2.45, 2.75) is 107 Å². The van der Waals surface area contributed by atoms with Crippen molar-refractivity contribution in [1.82, 2.24) is 0 Å². The normalized spacial score (nSPS) is 36.7. The summed E-state index contributed by atoms with van der Waals surface area (Å²) in [5.41, 5.74) is 6.77. The van der Waals surface area contributed by atoms with Crippen LogP contribution in [0.15, 0.2) is 54.6 Å². The van der Waals surface area contributed by atoms with E-state index in [0.29, 0.717) is 24.2 Å². The Balaban J connectivity index is 0.000000153. The second-order valence-corrected chi connectivity index (χ2v) is 22.1. The molecule has 0 atom stereocenters. The van der Waals surface area contributed by atoms with Gasteiger partial charge < -0.3 is 4.55 Å². The molecule has 7 heteroatoms. The molecule has 2 aromatic rings. The number of anilines is 1. The predicted octanol–water partition coefficient (Wildman–Crippen LogP) is 7.67. The summed E-state index contributed by atoms with van der Waals surface area (Å²) in [7, 11) is -3.63. The number of para-hydroxylation sites is 1. The molecule has 0 radical (unpaired) electrons. The Hall–Kier alpha value is -0.758. The Morgan fingerprint density at radius 3 is 1.52 bits per heavy atom. The van der Waals surface area contributed by atoms with Gasteiger partial charge in [-0.15, -0.1) is 0 Å². The molecule has 0 aromatic heterocycles. The van der Waals surface area contributed by atoms with Crippen LogP contribution in [0.3, 0.4) is 0 Å². The van der Waals surface area contributed by atoms with E-state index in [2.05, 4.69) is 37.3 Å². The van der Waals surface area contributed by atoms with Crippen molar-refractivity contribution in [2.24, 2.45) is 35.5 Å². The summed E-state index contributed by atoms with van der Waals surface area (Å²) in [6, 6.07) is 18.5. The average molecular weight is 729 g/mol. The molecule has 0 spiro atoms. The number of rotatable bonds is 7. The van der Waals surface area contributed by atoms with E-state index in [0.717, 1.165) is 51.5 Å². The molecular weight excluding hydrogens is 676 g/mol. The Bertz CT molecular complexity index is 1240. The Morgan fingerprint density at radius 2 is 1.14 bits per heavy atom. The molecule has 2 aromatic carbocycles. The van der Waals surface area contributed by atoms with Crippen molar-refractivity contribution in [3.8, 4) is 0 Å². The average Bonchev–Trinajstić information content (AvgIpc) is 2.93. The number of hydrogen-bond acceptors (Lipinski definition) is 4. The van der Waals surface area contributed by atoms with Crippen LogP contribution in [-0.2, 0) is 28.1 Å². The molecule has 4 nitrogen and oxygen atoms in total. The molecule has 8 saturated carbocycles. The first kappa shape index (κ1) is 33.2. The van der Waals surface area contributed by atoms with Crippen LogP contribution in [0, 0.1) is 35.5 Å². The summed E-state index contributed by atoms with van der Waals surface area (Å²) in [6.07, 6.45) is 25.2. The molecule has 2 N–H and O–H groups in total. The van der Waals surface area contributed by atoms with Gasteiger partial charge in [-0.05, 0) is 135 Å². The maximum atomic E-state index is 9.08. The van der Waals surface area contributed by atoms with Gasteiger partial charge in [0, 0.05) is 6.26 Å². The molecule has 8 aliphatic rings. The standard InChI is InChI=1S/C24H39P.C6H6N.C6H5.CH4O3S.Pd/c1-2-3-4-25(23-11-17-5-18(12-23)7-19(6-17)13-23)24-14-20-8-21(15-24)10-22(9-20)16-24;7-6-4-2-1-3-5-6;1-2-4-6-5-3-1;1-5(2,3)4;/h17-22H,2-16H2,1H3;1-4H,7H2;1-5H;1H3,(H,2,3,4);/q;;;;+1/p-1. The fourth-order valence-electron chi connectivity index (χ4n) is 11.2. The van der Waals surface area contributed by atoms with E-state index in [4.69, 9.17) is 18.7 Å². The first-order valence-corrected chi connectivity index (χ1v) is 22.1. The van der Waals surface area contributed by atoms with Crippen LogP contribution in [0.4, 0.5) is 5.69 Å². The summed E-state index contributed by atoms with van der Waals surface area (Å²) in [5.74, 6) is 6.95. The maximum absolute atomic E-state index is 9.08. The van der Waals surface area contributed by atoms with Crippen molar-refractivity contribution in [3.63, 3.8) is 0 Å². The summed E-state index contributed by atoms with van der Waals surface area (Å²) >= 11 is 0.443. The number of unbranched alkanes of at least 4 members (excludes halogenated alkanes) is 1. The van der Waals surface area contributed by atoms with Gasteiger partial charge in [0.05, 0.1) is 10.1 Å². The molecule has 0 amide bonds. The van der Waals surface area contributed by atoms with Gasteiger partial charge in [0.25, 0.3) is 0 Å². The fraction of sp³-hybridized carbons (Fsp3) is 0.676. The van der Waals surface area contributed by atoms with Crippen LogP contribution in [-0.4, -0.2) is 35.7 Å². The molecule has 0 heterocycles. The van der Waals surface area contributed by atoms with Gasteiger partial charge in [0.1, 0.15) is 0 Å². The van der Waals surface area contributed by atoms with Crippen molar-refractivity contribution >= 4 is 31.8 Å². The van der Waals surface area contributed by atoms with E-state index in [1.807, 2.05) is 24.3 Å². The van der Waals surface area contributed by atoms with Crippen LogP contribution >= 0.6 is 7.92 Å². The van der Waals surface area contributed by atoms with Crippen LogP contribution in [0.1, 0.15) is 96.8 Å². The predicted molar refractivity (Wildman–Crippen MR) is 181 cm³/mol. The van der Waals surface area contributed by atoms with Gasteiger partial charge in [0.15, 0.2) is 0 Å². The summed E-state index contributed by atoms with van der Waals surface area (Å²) in [6.45, 7) is 2.45. The van der Waals surface area contributed by atoms with E-state index >= 15 is 0 Å². The van der Waals surface area contributed by atoms with E-state index in [-0.39, 0.29) is 7.92 Å². The molecule has 0 aliphatic heterocycles. The molecule has 44 heavy (non-hydrogen) atoms. The minimum absolute atomic E-state index is 0.285. The van der Waals surface area contributed by atoms with Gasteiger partial charge in [-0.2, -0.15) is 0 Å². The van der Waals surface area contributed by atoms with E-state index in [1.54, 1.807) is 89.6 Å². The van der Waals surface area contributed by atoms with E-state index in [9.17, 15) is 0 Å². The SMILES string of the molecule is CCCCP(C12CC3CC(CC(C3)C1)C2)C12CC3CC(CC(C3)C1)C2.CS(=O)(=O)[O-].Nc1cccc[c]1[Pd+][c]1ccccc1. The third-order valence-corrected chi connectivity index (χ3v) is 17.9.